The molecule has 2 aromatic heterocycles. The summed E-state index contributed by atoms with van der Waals surface area (Å²) in [6.07, 6.45) is 5.34. The molecule has 19 heavy (non-hydrogen) atoms. The van der Waals surface area contributed by atoms with Gasteiger partial charge in [-0.25, -0.2) is 19.9 Å². The molecular weight excluding hydrogens is 238 g/mol. The highest BCUT2D eigenvalue weighted by atomic mass is 15.1. The van der Waals surface area contributed by atoms with Gasteiger partial charge in [0, 0.05) is 30.2 Å². The van der Waals surface area contributed by atoms with Crippen LogP contribution in [0, 0.1) is 6.92 Å². The molecule has 100 valence electrons. The molecule has 0 aliphatic heterocycles. The van der Waals surface area contributed by atoms with Crippen LogP contribution >= 0.6 is 0 Å². The molecule has 0 fully saturated rings. The summed E-state index contributed by atoms with van der Waals surface area (Å²) in [7, 11) is 0. The van der Waals surface area contributed by atoms with E-state index in [0.29, 0.717) is 11.6 Å². The van der Waals surface area contributed by atoms with Gasteiger partial charge in [-0.05, 0) is 25.8 Å². The van der Waals surface area contributed by atoms with Crippen LogP contribution in [-0.4, -0.2) is 26.5 Å². The van der Waals surface area contributed by atoms with E-state index in [1.54, 1.807) is 18.5 Å². The van der Waals surface area contributed by atoms with E-state index in [0.717, 1.165) is 36.5 Å². The van der Waals surface area contributed by atoms with Gasteiger partial charge in [0.15, 0.2) is 11.6 Å². The summed E-state index contributed by atoms with van der Waals surface area (Å²) < 4.78 is 0. The zero-order valence-electron chi connectivity index (χ0n) is 11.6. The molecule has 0 atom stereocenters. The maximum atomic E-state index is 4.55. The van der Waals surface area contributed by atoms with Crippen LogP contribution in [0.2, 0.25) is 0 Å². The molecular formula is C14H19N5. The highest BCUT2D eigenvalue weighted by Gasteiger charge is 2.12. The Kier molecular flexibility index (Phi) is 4.39. The lowest BCUT2D eigenvalue weighted by atomic mass is 10.2. The van der Waals surface area contributed by atoms with Crippen LogP contribution in [0.4, 0.5) is 5.82 Å². The lowest BCUT2D eigenvalue weighted by Crippen LogP contribution is -2.09. The Morgan fingerprint density at radius 1 is 1.05 bits per heavy atom. The van der Waals surface area contributed by atoms with Crippen molar-refractivity contribution in [1.82, 2.24) is 19.9 Å². The van der Waals surface area contributed by atoms with Crippen molar-refractivity contribution in [1.29, 1.82) is 0 Å². The Balaban J connectivity index is 2.45. The first-order valence-electron chi connectivity index (χ1n) is 6.65. The second-order valence-electron chi connectivity index (χ2n) is 4.32. The summed E-state index contributed by atoms with van der Waals surface area (Å²) in [5.41, 5.74) is 2.15. The van der Waals surface area contributed by atoms with Crippen LogP contribution in [-0.2, 0) is 6.42 Å². The van der Waals surface area contributed by atoms with Gasteiger partial charge in [-0.2, -0.15) is 0 Å². The molecule has 2 aromatic rings. The number of anilines is 1. The second-order valence-corrected chi connectivity index (χ2v) is 4.32. The third-order valence-electron chi connectivity index (χ3n) is 2.89. The van der Waals surface area contributed by atoms with Crippen LogP contribution in [0.1, 0.15) is 31.5 Å². The van der Waals surface area contributed by atoms with E-state index in [1.807, 2.05) is 6.92 Å². The van der Waals surface area contributed by atoms with Gasteiger partial charge in [-0.1, -0.05) is 13.8 Å². The molecule has 0 saturated heterocycles. The number of aromatic nitrogens is 4. The molecule has 0 aliphatic carbocycles. The van der Waals surface area contributed by atoms with Crippen LogP contribution in [0.3, 0.4) is 0 Å². The molecule has 2 heterocycles. The van der Waals surface area contributed by atoms with Crippen molar-refractivity contribution >= 4 is 5.82 Å². The summed E-state index contributed by atoms with van der Waals surface area (Å²) in [6, 6.07) is 1.79. The maximum absolute atomic E-state index is 4.55. The lowest BCUT2D eigenvalue weighted by Gasteiger charge is -2.12. The normalized spacial score (nSPS) is 10.5. The number of aryl methyl sites for hydroxylation is 1. The largest absolute Gasteiger partial charge is 0.370 e. The zero-order valence-corrected chi connectivity index (χ0v) is 11.6. The first kappa shape index (κ1) is 13.4. The lowest BCUT2D eigenvalue weighted by molar-refractivity contribution is 0.928. The Morgan fingerprint density at radius 2 is 1.79 bits per heavy atom. The highest BCUT2D eigenvalue weighted by molar-refractivity contribution is 5.53. The number of hydrogen-bond donors (Lipinski definition) is 1. The minimum Gasteiger partial charge on any atom is -0.370 e. The number of nitrogens with one attached hydrogen (secondary N) is 1. The second kappa shape index (κ2) is 6.22. The summed E-state index contributed by atoms with van der Waals surface area (Å²) in [4.78, 5) is 17.5. The number of nitrogens with zero attached hydrogens (tertiary/aromatic N) is 4. The molecule has 5 nitrogen and oxygen atoms in total. The van der Waals surface area contributed by atoms with Gasteiger partial charge >= 0.3 is 0 Å². The molecule has 0 amide bonds. The van der Waals surface area contributed by atoms with E-state index >= 15 is 0 Å². The first-order chi connectivity index (χ1) is 9.26. The smallest absolute Gasteiger partial charge is 0.199 e. The quantitative estimate of drug-likeness (QED) is 0.892. The number of hydrogen-bond acceptors (Lipinski definition) is 5. The summed E-state index contributed by atoms with van der Waals surface area (Å²) >= 11 is 0. The van der Waals surface area contributed by atoms with E-state index < -0.39 is 0 Å². The van der Waals surface area contributed by atoms with E-state index in [4.69, 9.17) is 0 Å². The van der Waals surface area contributed by atoms with Gasteiger partial charge < -0.3 is 5.32 Å². The standard InChI is InChI=1S/C14H19N5/c1-4-7-15-12-10(3)11(5-2)18-14(19-12)13-16-8-6-9-17-13/h6,8-9H,4-5,7H2,1-3H3,(H,15,18,19). The Bertz CT molecular complexity index is 539. The van der Waals surface area contributed by atoms with Crippen molar-refractivity contribution in [2.75, 3.05) is 11.9 Å². The average molecular weight is 257 g/mol. The van der Waals surface area contributed by atoms with Gasteiger partial charge in [0.05, 0.1) is 0 Å². The molecule has 2 rings (SSSR count). The van der Waals surface area contributed by atoms with Gasteiger partial charge in [0.1, 0.15) is 5.82 Å². The first-order valence-corrected chi connectivity index (χ1v) is 6.65. The van der Waals surface area contributed by atoms with Crippen molar-refractivity contribution in [3.8, 4) is 11.6 Å². The van der Waals surface area contributed by atoms with Gasteiger partial charge in [0.2, 0.25) is 0 Å². The highest BCUT2D eigenvalue weighted by Crippen LogP contribution is 2.20. The molecule has 0 aromatic carbocycles. The third-order valence-corrected chi connectivity index (χ3v) is 2.89. The SMILES string of the molecule is CCCNc1nc(-c2ncccn2)nc(CC)c1C. The van der Waals surface area contributed by atoms with Gasteiger partial charge in [-0.3, -0.25) is 0 Å². The Morgan fingerprint density at radius 3 is 2.42 bits per heavy atom. The molecule has 0 aliphatic rings. The number of rotatable bonds is 5. The molecule has 0 spiro atoms. The molecule has 1 N–H and O–H groups in total. The van der Waals surface area contributed by atoms with Crippen LogP contribution in [0.25, 0.3) is 11.6 Å². The van der Waals surface area contributed by atoms with Crippen molar-refractivity contribution < 1.29 is 0 Å². The van der Waals surface area contributed by atoms with E-state index in [1.165, 1.54) is 0 Å². The molecule has 0 unspecified atom stereocenters. The van der Waals surface area contributed by atoms with E-state index in [-0.39, 0.29) is 0 Å². The minimum absolute atomic E-state index is 0.566. The molecule has 0 radical (unpaired) electrons. The predicted octanol–water partition coefficient (Wildman–Crippen LogP) is 2.63. The fraction of sp³-hybridized carbons (Fsp3) is 0.429. The van der Waals surface area contributed by atoms with E-state index in [9.17, 15) is 0 Å². The fourth-order valence-corrected chi connectivity index (χ4v) is 1.84. The topological polar surface area (TPSA) is 63.6 Å². The van der Waals surface area contributed by atoms with Crippen molar-refractivity contribution in [3.05, 3.63) is 29.7 Å². The maximum Gasteiger partial charge on any atom is 0.199 e. The van der Waals surface area contributed by atoms with E-state index in [2.05, 4.69) is 39.1 Å². The summed E-state index contributed by atoms with van der Waals surface area (Å²) in [6.45, 7) is 7.17. The van der Waals surface area contributed by atoms with Crippen LogP contribution in [0.15, 0.2) is 18.5 Å². The third kappa shape index (κ3) is 3.05. The summed E-state index contributed by atoms with van der Waals surface area (Å²) in [5.74, 6) is 2.04. The van der Waals surface area contributed by atoms with Crippen molar-refractivity contribution in [2.24, 2.45) is 0 Å². The van der Waals surface area contributed by atoms with Crippen molar-refractivity contribution in [2.45, 2.75) is 33.6 Å². The fourth-order valence-electron chi connectivity index (χ4n) is 1.84. The van der Waals surface area contributed by atoms with Crippen LogP contribution in [0.5, 0.6) is 0 Å². The molecule has 5 heteroatoms. The van der Waals surface area contributed by atoms with Crippen molar-refractivity contribution in [3.63, 3.8) is 0 Å². The zero-order chi connectivity index (χ0) is 13.7. The predicted molar refractivity (Wildman–Crippen MR) is 76.0 cm³/mol. The molecule has 0 bridgehead atoms. The minimum atomic E-state index is 0.566. The monoisotopic (exact) mass is 257 g/mol. The molecule has 0 saturated carbocycles. The summed E-state index contributed by atoms with van der Waals surface area (Å²) in [5, 5.41) is 3.34. The van der Waals surface area contributed by atoms with Gasteiger partial charge in [-0.15, -0.1) is 0 Å². The Hall–Kier alpha value is -2.04. The average Bonchev–Trinajstić information content (AvgIpc) is 2.47. The Labute approximate surface area is 113 Å². The van der Waals surface area contributed by atoms with Crippen LogP contribution < -0.4 is 5.32 Å². The van der Waals surface area contributed by atoms with Gasteiger partial charge in [0.25, 0.3) is 0 Å².